The van der Waals surface area contributed by atoms with Gasteiger partial charge in [-0.1, -0.05) is 12.2 Å². The van der Waals surface area contributed by atoms with Crippen LogP contribution >= 0.6 is 40.4 Å². The summed E-state index contributed by atoms with van der Waals surface area (Å²) in [6, 6.07) is 1.73. The molecule has 0 bridgehead atoms. The smallest absolute Gasteiger partial charge is 0.186 e. The van der Waals surface area contributed by atoms with Gasteiger partial charge in [0, 0.05) is 6.54 Å². The second-order valence-electron chi connectivity index (χ2n) is 4.76. The molecule has 0 saturated heterocycles. The molecular weight excluding hydrogens is 414 g/mol. The minimum Gasteiger partial charge on any atom is -0.506 e. The second kappa shape index (κ2) is 7.91. The predicted molar refractivity (Wildman–Crippen MR) is 105 cm³/mol. The van der Waals surface area contributed by atoms with Crippen LogP contribution < -0.4 is 15.5 Å². The Kier molecular flexibility index (Phi) is 6.14. The maximum atomic E-state index is 10.5. The van der Waals surface area contributed by atoms with Crippen molar-refractivity contribution >= 4 is 62.7 Å². The van der Waals surface area contributed by atoms with Crippen LogP contribution in [0.4, 0.5) is 0 Å². The van der Waals surface area contributed by atoms with Crippen molar-refractivity contribution in [3.05, 3.63) is 26.4 Å². The van der Waals surface area contributed by atoms with E-state index in [2.05, 4.69) is 31.8 Å². The van der Waals surface area contributed by atoms with E-state index in [0.29, 0.717) is 48.7 Å². The lowest BCUT2D eigenvalue weighted by molar-refractivity contribution is 0.409. The maximum Gasteiger partial charge on any atom is 0.186 e. The van der Waals surface area contributed by atoms with Gasteiger partial charge in [-0.3, -0.25) is 5.43 Å². The SMILES string of the molecule is CCNC(=S)N/N=C/c1c(O)c(Br)c2oc(C)cc(=S)c2c1OC. The summed E-state index contributed by atoms with van der Waals surface area (Å²) in [5.41, 5.74) is 3.43. The van der Waals surface area contributed by atoms with Gasteiger partial charge in [-0.05, 0) is 48.1 Å². The van der Waals surface area contributed by atoms with Gasteiger partial charge in [0.1, 0.15) is 21.7 Å². The van der Waals surface area contributed by atoms with E-state index in [1.54, 1.807) is 13.0 Å². The summed E-state index contributed by atoms with van der Waals surface area (Å²) in [5, 5.41) is 18.4. The van der Waals surface area contributed by atoms with Gasteiger partial charge >= 0.3 is 0 Å². The topological polar surface area (TPSA) is 79.0 Å². The van der Waals surface area contributed by atoms with Gasteiger partial charge in [0.25, 0.3) is 0 Å². The Balaban J connectivity index is 2.62. The Bertz CT molecular complexity index is 881. The molecule has 0 aliphatic carbocycles. The summed E-state index contributed by atoms with van der Waals surface area (Å²) >= 11 is 13.8. The standard InChI is InChI=1S/C15H16BrN3O3S2/c1-4-17-15(24)19-18-6-8-12(20)11(16)14-10(13(8)21-3)9(23)5-7(2)22-14/h5-6,20H,4H2,1-3H3,(H2,17,19,24)/b18-6+. The molecule has 0 aliphatic rings. The molecule has 2 rings (SSSR count). The lowest BCUT2D eigenvalue weighted by atomic mass is 10.1. The third-order valence-corrected chi connectivity index (χ3v) is 4.40. The van der Waals surface area contributed by atoms with Crippen molar-refractivity contribution in [2.45, 2.75) is 13.8 Å². The van der Waals surface area contributed by atoms with Crippen LogP contribution in [0.25, 0.3) is 11.0 Å². The minimum absolute atomic E-state index is 0.0666. The van der Waals surface area contributed by atoms with E-state index in [0.717, 1.165) is 0 Å². The molecule has 1 heterocycles. The van der Waals surface area contributed by atoms with Crippen molar-refractivity contribution < 1.29 is 14.3 Å². The average molecular weight is 430 g/mol. The van der Waals surface area contributed by atoms with Crippen molar-refractivity contribution in [3.8, 4) is 11.5 Å². The van der Waals surface area contributed by atoms with Gasteiger partial charge in [-0.25, -0.2) is 0 Å². The molecule has 3 N–H and O–H groups in total. The first-order valence-electron chi connectivity index (χ1n) is 7.00. The normalized spacial score (nSPS) is 11.0. The quantitative estimate of drug-likeness (QED) is 0.387. The molecule has 0 fully saturated rings. The second-order valence-corrected chi connectivity index (χ2v) is 6.41. The zero-order valence-electron chi connectivity index (χ0n) is 13.3. The highest BCUT2D eigenvalue weighted by Crippen LogP contribution is 2.43. The number of phenols is 1. The number of rotatable bonds is 4. The van der Waals surface area contributed by atoms with Crippen LogP contribution in [0.15, 0.2) is 20.1 Å². The van der Waals surface area contributed by atoms with Crippen LogP contribution in [0.2, 0.25) is 0 Å². The highest BCUT2D eigenvalue weighted by molar-refractivity contribution is 9.10. The average Bonchev–Trinajstić information content (AvgIpc) is 2.53. The predicted octanol–water partition coefficient (Wildman–Crippen LogP) is 3.77. The maximum absolute atomic E-state index is 10.5. The number of aromatic hydroxyl groups is 1. The van der Waals surface area contributed by atoms with E-state index in [1.807, 2.05) is 6.92 Å². The number of hydrogen-bond donors (Lipinski definition) is 3. The first kappa shape index (κ1) is 18.6. The van der Waals surface area contributed by atoms with Crippen LogP contribution in [0.1, 0.15) is 18.2 Å². The van der Waals surface area contributed by atoms with Crippen molar-refractivity contribution in [1.29, 1.82) is 0 Å². The fourth-order valence-electron chi connectivity index (χ4n) is 2.14. The third-order valence-electron chi connectivity index (χ3n) is 3.11. The lowest BCUT2D eigenvalue weighted by Gasteiger charge is -2.13. The molecule has 0 saturated carbocycles. The van der Waals surface area contributed by atoms with Gasteiger partial charge in [0.2, 0.25) is 0 Å². The molecule has 9 heteroatoms. The van der Waals surface area contributed by atoms with Crippen molar-refractivity contribution in [2.75, 3.05) is 13.7 Å². The molecule has 128 valence electrons. The summed E-state index contributed by atoms with van der Waals surface area (Å²) in [4.78, 5) is 0. The first-order chi connectivity index (χ1) is 11.4. The lowest BCUT2D eigenvalue weighted by Crippen LogP contribution is -2.31. The Labute approximate surface area is 158 Å². The van der Waals surface area contributed by atoms with Crippen LogP contribution in [0.5, 0.6) is 11.5 Å². The Hall–Kier alpha value is -1.71. The summed E-state index contributed by atoms with van der Waals surface area (Å²) < 4.78 is 12.1. The molecule has 0 spiro atoms. The van der Waals surface area contributed by atoms with E-state index < -0.39 is 0 Å². The molecule has 24 heavy (non-hydrogen) atoms. The highest BCUT2D eigenvalue weighted by atomic mass is 79.9. The van der Waals surface area contributed by atoms with Gasteiger partial charge in [0.15, 0.2) is 10.7 Å². The van der Waals surface area contributed by atoms with Crippen LogP contribution in [0.3, 0.4) is 0 Å². The fourth-order valence-corrected chi connectivity index (χ4v) is 3.18. The fraction of sp³-hybridized carbons (Fsp3) is 0.267. The Morgan fingerprint density at radius 1 is 1.54 bits per heavy atom. The summed E-state index contributed by atoms with van der Waals surface area (Å²) in [7, 11) is 1.49. The zero-order chi connectivity index (χ0) is 17.9. The number of phenolic OH excluding ortho intramolecular Hbond substituents is 1. The number of hydrazone groups is 1. The number of hydrogen-bond acceptors (Lipinski definition) is 6. The van der Waals surface area contributed by atoms with E-state index in [4.69, 9.17) is 33.6 Å². The highest BCUT2D eigenvalue weighted by Gasteiger charge is 2.20. The number of nitrogens with zero attached hydrogens (tertiary/aromatic N) is 1. The number of nitrogens with one attached hydrogen (secondary N) is 2. The van der Waals surface area contributed by atoms with Gasteiger partial charge in [0.05, 0.1) is 28.8 Å². The van der Waals surface area contributed by atoms with E-state index in [9.17, 15) is 5.11 Å². The molecule has 2 aromatic rings. The van der Waals surface area contributed by atoms with E-state index >= 15 is 0 Å². The van der Waals surface area contributed by atoms with Crippen molar-refractivity contribution in [3.63, 3.8) is 0 Å². The molecule has 0 aliphatic heterocycles. The molecule has 0 amide bonds. The molecule has 1 aromatic carbocycles. The molecule has 6 nitrogen and oxygen atoms in total. The van der Waals surface area contributed by atoms with Gasteiger partial charge in [-0.15, -0.1) is 0 Å². The van der Waals surface area contributed by atoms with Gasteiger partial charge in [-0.2, -0.15) is 5.10 Å². The minimum atomic E-state index is -0.0666. The van der Waals surface area contributed by atoms with Crippen LogP contribution in [-0.2, 0) is 0 Å². The molecule has 0 atom stereocenters. The molecule has 0 radical (unpaired) electrons. The zero-order valence-corrected chi connectivity index (χ0v) is 16.5. The number of ether oxygens (including phenoxy) is 1. The van der Waals surface area contributed by atoms with E-state index in [-0.39, 0.29) is 5.75 Å². The number of thiocarbonyl (C=S) groups is 1. The van der Waals surface area contributed by atoms with Gasteiger partial charge < -0.3 is 19.6 Å². The van der Waals surface area contributed by atoms with Crippen molar-refractivity contribution in [1.82, 2.24) is 10.7 Å². The number of fused-ring (bicyclic) bond motifs is 1. The summed E-state index contributed by atoms with van der Waals surface area (Å²) in [6.07, 6.45) is 1.41. The number of aryl methyl sites for hydroxylation is 1. The number of benzene rings is 1. The summed E-state index contributed by atoms with van der Waals surface area (Å²) in [6.45, 7) is 4.38. The Morgan fingerprint density at radius 2 is 2.25 bits per heavy atom. The Morgan fingerprint density at radius 3 is 2.88 bits per heavy atom. The van der Waals surface area contributed by atoms with E-state index in [1.165, 1.54) is 13.3 Å². The third kappa shape index (κ3) is 3.68. The largest absolute Gasteiger partial charge is 0.506 e. The molecule has 0 unspecified atom stereocenters. The summed E-state index contributed by atoms with van der Waals surface area (Å²) in [5.74, 6) is 0.941. The van der Waals surface area contributed by atoms with Crippen LogP contribution in [-0.4, -0.2) is 30.1 Å². The monoisotopic (exact) mass is 429 g/mol. The first-order valence-corrected chi connectivity index (χ1v) is 8.61. The number of methoxy groups -OCH3 is 1. The molecule has 1 aromatic heterocycles. The van der Waals surface area contributed by atoms with Crippen LogP contribution in [0, 0.1) is 11.4 Å². The van der Waals surface area contributed by atoms with Crippen molar-refractivity contribution in [2.24, 2.45) is 5.10 Å². The number of halogens is 1. The molecular formula is C15H16BrN3O3S2.